The zero-order valence-corrected chi connectivity index (χ0v) is 17.9. The number of aromatic nitrogens is 1. The zero-order valence-electron chi connectivity index (χ0n) is 17.1. The lowest BCUT2D eigenvalue weighted by molar-refractivity contribution is 0.0956. The largest absolute Gasteiger partial charge is 0.495 e. The Kier molecular flexibility index (Phi) is 6.61. The third kappa shape index (κ3) is 4.63. The van der Waals surface area contributed by atoms with Crippen molar-refractivity contribution >= 4 is 33.2 Å². The van der Waals surface area contributed by atoms with Crippen LogP contribution >= 0.6 is 11.5 Å². The quantitative estimate of drug-likeness (QED) is 0.592. The lowest BCUT2D eigenvalue weighted by Gasteiger charge is -2.36. The Morgan fingerprint density at radius 2 is 1.87 bits per heavy atom. The predicted molar refractivity (Wildman–Crippen MR) is 123 cm³/mol. The summed E-state index contributed by atoms with van der Waals surface area (Å²) >= 11 is 1.36. The van der Waals surface area contributed by atoms with Gasteiger partial charge in [-0.05, 0) is 29.7 Å². The number of carbonyl (C=O) groups excluding carboxylic acids is 1. The molecule has 2 aromatic carbocycles. The molecular weight excluding hydrogens is 396 g/mol. The summed E-state index contributed by atoms with van der Waals surface area (Å²) in [4.78, 5) is 17.2. The van der Waals surface area contributed by atoms with Gasteiger partial charge in [0.2, 0.25) is 0 Å². The van der Waals surface area contributed by atoms with Gasteiger partial charge in [0.15, 0.2) is 0 Å². The molecule has 156 valence electrons. The monoisotopic (exact) mass is 422 g/mol. The second-order valence-corrected chi connectivity index (χ2v) is 7.97. The van der Waals surface area contributed by atoms with Crippen molar-refractivity contribution in [3.63, 3.8) is 0 Å². The fraction of sp³-hybridized carbons (Fsp3) is 0.304. The number of nitrogens with zero attached hydrogens (tertiary/aromatic N) is 3. The molecular formula is C23H26N4O2S. The van der Waals surface area contributed by atoms with Gasteiger partial charge >= 0.3 is 0 Å². The summed E-state index contributed by atoms with van der Waals surface area (Å²) in [5.41, 5.74) is 1.67. The molecule has 1 aliphatic rings. The average Bonchev–Trinajstić information content (AvgIpc) is 3.23. The Bertz CT molecular complexity index is 1020. The fourth-order valence-electron chi connectivity index (χ4n) is 3.65. The number of rotatable bonds is 7. The van der Waals surface area contributed by atoms with Crippen LogP contribution in [0.3, 0.4) is 0 Å². The summed E-state index contributed by atoms with van der Waals surface area (Å²) in [6.45, 7) is 5.34. The van der Waals surface area contributed by atoms with Crippen molar-refractivity contribution in [2.24, 2.45) is 0 Å². The Morgan fingerprint density at radius 3 is 2.70 bits per heavy atom. The van der Waals surface area contributed by atoms with E-state index in [0.29, 0.717) is 12.2 Å². The topological polar surface area (TPSA) is 57.7 Å². The summed E-state index contributed by atoms with van der Waals surface area (Å²) in [5, 5.41) is 3.85. The normalized spacial score (nSPS) is 15.0. The van der Waals surface area contributed by atoms with Crippen LogP contribution in [0.2, 0.25) is 0 Å². The number of benzene rings is 2. The number of hydrogen-bond donors (Lipinski definition) is 1. The molecule has 0 bridgehead atoms. The van der Waals surface area contributed by atoms with Gasteiger partial charge in [-0.2, -0.15) is 4.37 Å². The Morgan fingerprint density at radius 1 is 1.10 bits per heavy atom. The lowest BCUT2D eigenvalue weighted by Crippen LogP contribution is -2.46. The standard InChI is InChI=1S/C23H26N4O2S/c1-29-20-10-4-3-9-19(20)27-16-14-26(15-17-27)13-7-6-12-24-23(28)22-18-8-2-5-11-21(18)30-25-22/h2-11H,12-17H2,1H3,(H,24,28). The minimum atomic E-state index is -0.123. The highest BCUT2D eigenvalue weighted by Gasteiger charge is 2.18. The molecule has 4 rings (SSSR count). The summed E-state index contributed by atoms with van der Waals surface area (Å²) in [6.07, 6.45) is 4.14. The first-order chi connectivity index (χ1) is 14.8. The second kappa shape index (κ2) is 9.73. The molecule has 7 heteroatoms. The smallest absolute Gasteiger partial charge is 0.271 e. The molecule has 1 amide bonds. The maximum Gasteiger partial charge on any atom is 0.271 e. The van der Waals surface area contributed by atoms with E-state index in [0.717, 1.165) is 54.2 Å². The highest BCUT2D eigenvalue weighted by molar-refractivity contribution is 7.13. The Balaban J connectivity index is 1.21. The summed E-state index contributed by atoms with van der Waals surface area (Å²) in [6, 6.07) is 16.0. The molecule has 2 heterocycles. The molecule has 1 aromatic heterocycles. The molecule has 1 fully saturated rings. The van der Waals surface area contributed by atoms with Crippen LogP contribution in [0.5, 0.6) is 5.75 Å². The number of amides is 1. The predicted octanol–water partition coefficient (Wildman–Crippen LogP) is 3.41. The Hall–Kier alpha value is -2.90. The van der Waals surface area contributed by atoms with Crippen molar-refractivity contribution in [1.82, 2.24) is 14.6 Å². The molecule has 1 N–H and O–H groups in total. The van der Waals surface area contributed by atoms with Crippen LogP contribution in [-0.2, 0) is 0 Å². The van der Waals surface area contributed by atoms with E-state index in [1.165, 1.54) is 11.5 Å². The van der Waals surface area contributed by atoms with E-state index in [4.69, 9.17) is 4.74 Å². The number of methoxy groups -OCH3 is 1. The first-order valence-electron chi connectivity index (χ1n) is 10.1. The van der Waals surface area contributed by atoms with Crippen molar-refractivity contribution in [2.75, 3.05) is 51.3 Å². The van der Waals surface area contributed by atoms with E-state index < -0.39 is 0 Å². The number of fused-ring (bicyclic) bond motifs is 1. The molecule has 3 aromatic rings. The van der Waals surface area contributed by atoms with Gasteiger partial charge in [0, 0.05) is 44.7 Å². The van der Waals surface area contributed by atoms with Gasteiger partial charge in [-0.1, -0.05) is 42.5 Å². The maximum atomic E-state index is 12.4. The first kappa shape index (κ1) is 20.4. The molecule has 1 saturated heterocycles. The summed E-state index contributed by atoms with van der Waals surface area (Å²) in [5.74, 6) is 0.803. The maximum absolute atomic E-state index is 12.4. The minimum absolute atomic E-state index is 0.123. The highest BCUT2D eigenvalue weighted by atomic mass is 32.1. The van der Waals surface area contributed by atoms with Gasteiger partial charge in [0.25, 0.3) is 5.91 Å². The molecule has 30 heavy (non-hydrogen) atoms. The van der Waals surface area contributed by atoms with E-state index in [1.54, 1.807) is 7.11 Å². The van der Waals surface area contributed by atoms with Gasteiger partial charge in [-0.15, -0.1) is 0 Å². The van der Waals surface area contributed by atoms with Gasteiger partial charge in [-0.3, -0.25) is 9.69 Å². The second-order valence-electron chi connectivity index (χ2n) is 7.17. The number of ether oxygens (including phenoxy) is 1. The third-order valence-corrected chi connectivity index (χ3v) is 6.13. The van der Waals surface area contributed by atoms with Crippen molar-refractivity contribution in [2.45, 2.75) is 0 Å². The van der Waals surface area contributed by atoms with E-state index in [-0.39, 0.29) is 5.91 Å². The van der Waals surface area contributed by atoms with Crippen LogP contribution in [-0.4, -0.2) is 61.6 Å². The van der Waals surface area contributed by atoms with Crippen molar-refractivity contribution < 1.29 is 9.53 Å². The molecule has 0 saturated carbocycles. The van der Waals surface area contributed by atoms with Crippen molar-refractivity contribution in [3.05, 3.63) is 66.4 Å². The van der Waals surface area contributed by atoms with Crippen LogP contribution in [0.15, 0.2) is 60.7 Å². The molecule has 0 spiro atoms. The van der Waals surface area contributed by atoms with Crippen molar-refractivity contribution in [3.8, 4) is 5.75 Å². The number of hydrogen-bond acceptors (Lipinski definition) is 6. The van der Waals surface area contributed by atoms with Gasteiger partial charge in [0.1, 0.15) is 11.4 Å². The SMILES string of the molecule is COc1ccccc1N1CCN(CC=CCNC(=O)c2nsc3ccccc23)CC1. The number of anilines is 1. The summed E-state index contributed by atoms with van der Waals surface area (Å²) in [7, 11) is 1.72. The van der Waals surface area contributed by atoms with Crippen LogP contribution in [0.1, 0.15) is 10.5 Å². The van der Waals surface area contributed by atoms with Gasteiger partial charge in [-0.25, -0.2) is 0 Å². The van der Waals surface area contributed by atoms with E-state index in [2.05, 4.69) is 37.7 Å². The van der Waals surface area contributed by atoms with E-state index in [9.17, 15) is 4.79 Å². The molecule has 1 aliphatic heterocycles. The van der Waals surface area contributed by atoms with Crippen molar-refractivity contribution in [1.29, 1.82) is 0 Å². The van der Waals surface area contributed by atoms with Gasteiger partial charge in [0.05, 0.1) is 17.5 Å². The average molecular weight is 423 g/mol. The molecule has 0 unspecified atom stereocenters. The van der Waals surface area contributed by atoms with E-state index >= 15 is 0 Å². The highest BCUT2D eigenvalue weighted by Crippen LogP contribution is 2.28. The zero-order chi connectivity index (χ0) is 20.8. The minimum Gasteiger partial charge on any atom is -0.495 e. The van der Waals surface area contributed by atoms with Gasteiger partial charge < -0.3 is 15.0 Å². The molecule has 6 nitrogen and oxygen atoms in total. The van der Waals surface area contributed by atoms with Crippen LogP contribution in [0.25, 0.3) is 10.1 Å². The Labute approximate surface area is 180 Å². The van der Waals surface area contributed by atoms with E-state index in [1.807, 2.05) is 42.5 Å². The van der Waals surface area contributed by atoms with Crippen LogP contribution < -0.4 is 15.0 Å². The number of nitrogens with one attached hydrogen (secondary N) is 1. The lowest BCUT2D eigenvalue weighted by atomic mass is 10.2. The first-order valence-corrected chi connectivity index (χ1v) is 10.9. The fourth-order valence-corrected chi connectivity index (χ4v) is 4.43. The molecule has 0 radical (unpaired) electrons. The third-order valence-electron chi connectivity index (χ3n) is 5.30. The summed E-state index contributed by atoms with van der Waals surface area (Å²) < 4.78 is 10.8. The van der Waals surface area contributed by atoms with Crippen LogP contribution in [0, 0.1) is 0 Å². The number of para-hydroxylation sites is 2. The number of carbonyl (C=O) groups is 1. The van der Waals surface area contributed by atoms with Crippen LogP contribution in [0.4, 0.5) is 5.69 Å². The molecule has 0 aliphatic carbocycles. The molecule has 0 atom stereocenters. The number of piperazine rings is 1.